The highest BCUT2D eigenvalue weighted by molar-refractivity contribution is 5.78. The molecule has 4 aromatic rings. The summed E-state index contributed by atoms with van der Waals surface area (Å²) in [4.78, 5) is 15.0. The van der Waals surface area contributed by atoms with Crippen LogP contribution in [0, 0.1) is 5.41 Å². The second-order valence-electron chi connectivity index (χ2n) is 11.6. The second-order valence-corrected chi connectivity index (χ2v) is 11.6. The molecule has 0 spiro atoms. The number of amides is 1. The molecule has 1 aliphatic rings. The number of hydrogen-bond acceptors (Lipinski definition) is 5. The third-order valence-electron chi connectivity index (χ3n) is 8.67. The van der Waals surface area contributed by atoms with Crippen LogP contribution in [0.15, 0.2) is 103 Å². The van der Waals surface area contributed by atoms with Crippen molar-refractivity contribution in [3.8, 4) is 22.6 Å². The molecule has 0 saturated carbocycles. The Hall–Kier alpha value is -4.13. The molecule has 1 fully saturated rings. The van der Waals surface area contributed by atoms with Gasteiger partial charge >= 0.3 is 0 Å². The molecule has 1 aliphatic heterocycles. The van der Waals surface area contributed by atoms with E-state index in [9.17, 15) is 9.90 Å². The standard InChI is InChI=1S/C37H41NO5/c1-27(39)37(2)26-38(36(40)25-42-24-29-10-6-4-7-11-29)23-33(37)32-18-19-34(41-3)35(22-32)43-21-20-28-14-16-31(17-15-28)30-12-8-5-9-13-30/h4-19,22,27,33,39H,20-21,23-26H2,1-3H3/t27-,33+,37+/m1/s1. The van der Waals surface area contributed by atoms with Gasteiger partial charge in [0.1, 0.15) is 6.61 Å². The zero-order chi connectivity index (χ0) is 30.2. The predicted molar refractivity (Wildman–Crippen MR) is 169 cm³/mol. The molecule has 3 atom stereocenters. The number of ether oxygens (including phenoxy) is 3. The summed E-state index contributed by atoms with van der Waals surface area (Å²) in [6, 6.07) is 34.6. The quantitative estimate of drug-likeness (QED) is 0.207. The first-order valence-corrected chi connectivity index (χ1v) is 14.9. The van der Waals surface area contributed by atoms with Crippen molar-refractivity contribution in [1.29, 1.82) is 0 Å². The van der Waals surface area contributed by atoms with Gasteiger partial charge in [-0.3, -0.25) is 4.79 Å². The maximum Gasteiger partial charge on any atom is 0.248 e. The number of aliphatic hydroxyl groups is 1. The van der Waals surface area contributed by atoms with Crippen LogP contribution in [0.25, 0.3) is 11.1 Å². The van der Waals surface area contributed by atoms with Crippen LogP contribution in [0.5, 0.6) is 11.5 Å². The Morgan fingerprint density at radius 1 is 0.907 bits per heavy atom. The van der Waals surface area contributed by atoms with Gasteiger partial charge in [-0.05, 0) is 46.9 Å². The van der Waals surface area contributed by atoms with E-state index in [-0.39, 0.29) is 18.4 Å². The van der Waals surface area contributed by atoms with Crippen molar-refractivity contribution < 1.29 is 24.1 Å². The van der Waals surface area contributed by atoms with E-state index in [1.165, 1.54) is 16.7 Å². The van der Waals surface area contributed by atoms with Crippen LogP contribution in [0.1, 0.15) is 36.5 Å². The van der Waals surface area contributed by atoms with Gasteiger partial charge in [-0.2, -0.15) is 0 Å². The molecule has 1 N–H and O–H groups in total. The maximum atomic E-state index is 13.1. The summed E-state index contributed by atoms with van der Waals surface area (Å²) >= 11 is 0. The van der Waals surface area contributed by atoms with Crippen LogP contribution in [-0.4, -0.2) is 55.4 Å². The Morgan fingerprint density at radius 3 is 2.26 bits per heavy atom. The van der Waals surface area contributed by atoms with Crippen molar-refractivity contribution in [3.63, 3.8) is 0 Å². The number of rotatable bonds is 12. The van der Waals surface area contributed by atoms with E-state index in [0.29, 0.717) is 37.8 Å². The third kappa shape index (κ3) is 7.27. The number of methoxy groups -OCH3 is 1. The minimum atomic E-state index is -0.620. The van der Waals surface area contributed by atoms with Crippen LogP contribution < -0.4 is 9.47 Å². The van der Waals surface area contributed by atoms with Gasteiger partial charge in [0, 0.05) is 30.8 Å². The van der Waals surface area contributed by atoms with Crippen LogP contribution >= 0.6 is 0 Å². The van der Waals surface area contributed by atoms with Crippen molar-refractivity contribution in [3.05, 3.63) is 120 Å². The molecular weight excluding hydrogens is 538 g/mol. The average molecular weight is 580 g/mol. The lowest BCUT2D eigenvalue weighted by Gasteiger charge is -2.33. The van der Waals surface area contributed by atoms with Gasteiger partial charge in [0.05, 0.1) is 26.4 Å². The molecule has 0 unspecified atom stereocenters. The van der Waals surface area contributed by atoms with E-state index in [2.05, 4.69) is 36.4 Å². The van der Waals surface area contributed by atoms with E-state index >= 15 is 0 Å². The second kappa shape index (κ2) is 13.9. The molecule has 6 nitrogen and oxygen atoms in total. The van der Waals surface area contributed by atoms with Gasteiger partial charge in [-0.25, -0.2) is 0 Å². The summed E-state index contributed by atoms with van der Waals surface area (Å²) < 4.78 is 17.6. The number of likely N-dealkylation sites (tertiary alicyclic amines) is 1. The van der Waals surface area contributed by atoms with Gasteiger partial charge < -0.3 is 24.2 Å². The van der Waals surface area contributed by atoms with Crippen molar-refractivity contribution in [1.82, 2.24) is 4.90 Å². The lowest BCUT2D eigenvalue weighted by Crippen LogP contribution is -2.38. The summed E-state index contributed by atoms with van der Waals surface area (Å²) in [6.07, 6.45) is 0.133. The van der Waals surface area contributed by atoms with Crippen molar-refractivity contribution in [2.24, 2.45) is 5.41 Å². The van der Waals surface area contributed by atoms with Crippen LogP contribution in [0.4, 0.5) is 0 Å². The van der Waals surface area contributed by atoms with E-state index in [1.807, 2.05) is 78.6 Å². The Bertz CT molecular complexity index is 1470. The highest BCUT2D eigenvalue weighted by Crippen LogP contribution is 2.47. The van der Waals surface area contributed by atoms with Crippen LogP contribution in [-0.2, 0) is 22.6 Å². The van der Waals surface area contributed by atoms with Gasteiger partial charge in [0.15, 0.2) is 11.5 Å². The smallest absolute Gasteiger partial charge is 0.248 e. The number of nitrogens with zero attached hydrogens (tertiary/aromatic N) is 1. The Kier molecular flexibility index (Phi) is 9.80. The first kappa shape index (κ1) is 30.3. The number of benzene rings is 4. The molecule has 0 radical (unpaired) electrons. The van der Waals surface area contributed by atoms with Crippen molar-refractivity contribution >= 4 is 5.91 Å². The number of carbonyl (C=O) groups excluding carboxylic acids is 1. The Morgan fingerprint density at radius 2 is 1.58 bits per heavy atom. The molecule has 1 heterocycles. The minimum Gasteiger partial charge on any atom is -0.493 e. The van der Waals surface area contributed by atoms with Gasteiger partial charge in [-0.15, -0.1) is 0 Å². The molecular formula is C37H41NO5. The average Bonchev–Trinajstić information content (AvgIpc) is 3.41. The SMILES string of the molecule is COc1ccc([C@@H]2CN(C(=O)COCc3ccccc3)C[C@@]2(C)[C@@H](C)O)cc1OCCc1ccc(-c2ccccc2)cc1. The van der Waals surface area contributed by atoms with E-state index < -0.39 is 11.5 Å². The van der Waals surface area contributed by atoms with Crippen molar-refractivity contribution in [2.45, 2.75) is 38.9 Å². The highest BCUT2D eigenvalue weighted by atomic mass is 16.5. The van der Waals surface area contributed by atoms with Gasteiger partial charge in [-0.1, -0.05) is 97.9 Å². The molecule has 43 heavy (non-hydrogen) atoms. The summed E-state index contributed by atoms with van der Waals surface area (Å²) in [6.45, 7) is 5.67. The summed E-state index contributed by atoms with van der Waals surface area (Å²) in [5, 5.41) is 10.9. The van der Waals surface area contributed by atoms with E-state index in [0.717, 1.165) is 17.5 Å². The normalized spacial score (nSPS) is 18.8. The third-order valence-corrected chi connectivity index (χ3v) is 8.67. The molecule has 6 heteroatoms. The molecule has 0 aromatic heterocycles. The minimum absolute atomic E-state index is 0.000799. The Balaban J connectivity index is 1.24. The topological polar surface area (TPSA) is 68.2 Å². The number of hydrogen-bond donors (Lipinski definition) is 1. The summed E-state index contributed by atoms with van der Waals surface area (Å²) in [5.41, 5.74) is 5.08. The highest BCUT2D eigenvalue weighted by Gasteiger charge is 2.48. The summed E-state index contributed by atoms with van der Waals surface area (Å²) in [5.74, 6) is 1.16. The lowest BCUT2D eigenvalue weighted by molar-refractivity contribution is -0.136. The van der Waals surface area contributed by atoms with E-state index in [4.69, 9.17) is 14.2 Å². The lowest BCUT2D eigenvalue weighted by atomic mass is 9.72. The van der Waals surface area contributed by atoms with Gasteiger partial charge in [0.25, 0.3) is 0 Å². The van der Waals surface area contributed by atoms with Gasteiger partial charge in [0.2, 0.25) is 5.91 Å². The molecule has 0 bridgehead atoms. The molecule has 4 aromatic carbocycles. The molecule has 0 aliphatic carbocycles. The summed E-state index contributed by atoms with van der Waals surface area (Å²) in [7, 11) is 1.63. The fraction of sp³-hybridized carbons (Fsp3) is 0.324. The molecule has 5 rings (SSSR count). The first-order chi connectivity index (χ1) is 20.9. The van der Waals surface area contributed by atoms with Crippen LogP contribution in [0.3, 0.4) is 0 Å². The largest absolute Gasteiger partial charge is 0.493 e. The predicted octanol–water partition coefficient (Wildman–Crippen LogP) is 6.51. The molecule has 1 amide bonds. The first-order valence-electron chi connectivity index (χ1n) is 14.9. The zero-order valence-electron chi connectivity index (χ0n) is 25.2. The number of aliphatic hydroxyl groups excluding tert-OH is 1. The monoisotopic (exact) mass is 579 g/mol. The molecule has 1 saturated heterocycles. The maximum absolute atomic E-state index is 13.1. The van der Waals surface area contributed by atoms with Crippen molar-refractivity contribution in [2.75, 3.05) is 33.4 Å². The fourth-order valence-corrected chi connectivity index (χ4v) is 5.83. The van der Waals surface area contributed by atoms with E-state index in [1.54, 1.807) is 14.0 Å². The number of carbonyl (C=O) groups is 1. The van der Waals surface area contributed by atoms with Crippen LogP contribution in [0.2, 0.25) is 0 Å². The molecule has 224 valence electrons. The zero-order valence-corrected chi connectivity index (χ0v) is 25.2. The fourth-order valence-electron chi connectivity index (χ4n) is 5.83. The Labute approximate surface area is 254 Å².